The van der Waals surface area contributed by atoms with E-state index < -0.39 is 11.4 Å². The van der Waals surface area contributed by atoms with Crippen molar-refractivity contribution >= 4 is 11.4 Å². The van der Waals surface area contributed by atoms with Crippen molar-refractivity contribution in [1.29, 1.82) is 0 Å². The predicted octanol–water partition coefficient (Wildman–Crippen LogP) is -2.84. The van der Waals surface area contributed by atoms with Gasteiger partial charge in [-0.25, -0.2) is 0 Å². The van der Waals surface area contributed by atoms with E-state index in [1.807, 2.05) is 0 Å². The minimum Gasteiger partial charge on any atom is -0.284 e. The van der Waals surface area contributed by atoms with Gasteiger partial charge < -0.3 is 0 Å². The molecule has 0 heterocycles. The van der Waals surface area contributed by atoms with Crippen LogP contribution in [0.3, 0.4) is 0 Å². The molecule has 0 fully saturated rings. The zero-order valence-electron chi connectivity index (χ0n) is 4.38. The predicted molar refractivity (Wildman–Crippen MR) is 22.4 cm³/mol. The van der Waals surface area contributed by atoms with Crippen molar-refractivity contribution in [3.8, 4) is 0 Å². The van der Waals surface area contributed by atoms with Crippen molar-refractivity contribution in [1.82, 2.24) is 0 Å². The summed E-state index contributed by atoms with van der Waals surface area (Å²) in [6.07, 6.45) is 0. The number of hydrogen-bond acceptors (Lipinski definition) is 2. The van der Waals surface area contributed by atoms with E-state index in [9.17, 15) is 4.21 Å². The molecule has 0 saturated carbocycles. The van der Waals surface area contributed by atoms with Gasteiger partial charge in [0.1, 0.15) is 0 Å². The van der Waals surface area contributed by atoms with Gasteiger partial charge in [0.05, 0.1) is 6.61 Å². The first-order valence-corrected chi connectivity index (χ1v) is 2.54. The second kappa shape index (κ2) is 7.07. The Hall–Kier alpha value is 1.07. The van der Waals surface area contributed by atoms with E-state index in [0.717, 1.165) is 0 Å². The molecule has 3 nitrogen and oxygen atoms in total. The summed E-state index contributed by atoms with van der Waals surface area (Å²) in [7, 11) is 0. The van der Waals surface area contributed by atoms with Crippen molar-refractivity contribution in [2.75, 3.05) is 6.61 Å². The van der Waals surface area contributed by atoms with Gasteiger partial charge in [-0.3, -0.25) is 8.74 Å². The minimum absolute atomic E-state index is 0. The third-order valence-electron chi connectivity index (χ3n) is 0.219. The maximum Gasteiger partial charge on any atom is 1.00 e. The van der Waals surface area contributed by atoms with Crippen LogP contribution in [0.2, 0.25) is 0 Å². The van der Waals surface area contributed by atoms with Crippen molar-refractivity contribution in [3.05, 3.63) is 0 Å². The van der Waals surface area contributed by atoms with E-state index in [2.05, 4.69) is 4.18 Å². The van der Waals surface area contributed by atoms with Crippen LogP contribution in [0.1, 0.15) is 6.92 Å². The average Bonchev–Trinajstić information content (AvgIpc) is 1.35. The molecule has 0 radical (unpaired) electrons. The molecule has 0 aromatic heterocycles. The van der Waals surface area contributed by atoms with Crippen molar-refractivity contribution in [2.24, 2.45) is 0 Å². The van der Waals surface area contributed by atoms with Gasteiger partial charge in [0.15, 0.2) is 0 Å². The van der Waals surface area contributed by atoms with Gasteiger partial charge in [-0.2, -0.15) is 4.21 Å². The summed E-state index contributed by atoms with van der Waals surface area (Å²) in [6, 6.07) is 0. The summed E-state index contributed by atoms with van der Waals surface area (Å²) in [5.41, 5.74) is 0. The molecular formula is C2H6NaO3S+. The molecule has 0 amide bonds. The van der Waals surface area contributed by atoms with Gasteiger partial charge >= 0.3 is 40.9 Å². The molecule has 0 aliphatic heterocycles. The molecule has 0 saturated heterocycles. The number of rotatable bonds is 2. The van der Waals surface area contributed by atoms with E-state index in [1.165, 1.54) is 0 Å². The molecule has 0 spiro atoms. The first-order valence-electron chi connectivity index (χ1n) is 1.51. The van der Waals surface area contributed by atoms with Crippen LogP contribution >= 0.6 is 0 Å². The van der Waals surface area contributed by atoms with Gasteiger partial charge in [-0.05, 0) is 6.92 Å². The summed E-state index contributed by atoms with van der Waals surface area (Å²) in [6.45, 7) is 1.93. The largest absolute Gasteiger partial charge is 1.00 e. The Kier molecular flexibility index (Phi) is 11.1. The van der Waals surface area contributed by atoms with E-state index in [0.29, 0.717) is 0 Å². The molecule has 38 valence electrons. The molecular weight excluding hydrogens is 127 g/mol. The van der Waals surface area contributed by atoms with Crippen LogP contribution in [0.4, 0.5) is 0 Å². The quantitative estimate of drug-likeness (QED) is 0.326. The standard InChI is InChI=1S/C2H6O3S.Na/c1-2-5-6(3)4;/h2H2,1H3,(H,3,4);/q;+1. The summed E-state index contributed by atoms with van der Waals surface area (Å²) in [5.74, 6) is 0. The van der Waals surface area contributed by atoms with Crippen molar-refractivity contribution < 1.29 is 42.5 Å². The average molecular weight is 133 g/mol. The Labute approximate surface area is 67.2 Å². The van der Waals surface area contributed by atoms with Crippen LogP contribution in [-0.4, -0.2) is 15.4 Å². The van der Waals surface area contributed by atoms with Crippen LogP contribution in [0.25, 0.3) is 0 Å². The Morgan fingerprint density at radius 3 is 2.29 bits per heavy atom. The van der Waals surface area contributed by atoms with Crippen molar-refractivity contribution in [3.63, 3.8) is 0 Å². The van der Waals surface area contributed by atoms with Crippen molar-refractivity contribution in [2.45, 2.75) is 6.92 Å². The van der Waals surface area contributed by atoms with Gasteiger partial charge in [-0.1, -0.05) is 0 Å². The molecule has 0 bridgehead atoms. The zero-order valence-corrected chi connectivity index (χ0v) is 7.20. The summed E-state index contributed by atoms with van der Waals surface area (Å²) >= 11 is -2.07. The van der Waals surface area contributed by atoms with Gasteiger partial charge in [-0.15, -0.1) is 0 Å². The number of hydrogen-bond donors (Lipinski definition) is 1. The van der Waals surface area contributed by atoms with Gasteiger partial charge in [0, 0.05) is 0 Å². The fourth-order valence-corrected chi connectivity index (χ4v) is 0.302. The second-order valence-electron chi connectivity index (χ2n) is 0.624. The fraction of sp³-hybridized carbons (Fsp3) is 1.00. The Bertz CT molecular complexity index is 56.9. The maximum absolute atomic E-state index is 9.49. The fourth-order valence-electron chi connectivity index (χ4n) is 0.101. The molecule has 0 rings (SSSR count). The van der Waals surface area contributed by atoms with Crippen LogP contribution < -0.4 is 29.6 Å². The molecule has 0 aromatic rings. The zero-order chi connectivity index (χ0) is 4.99. The van der Waals surface area contributed by atoms with Gasteiger partial charge in [0.2, 0.25) is 0 Å². The SMILES string of the molecule is CCOS(=O)O.[Na+]. The van der Waals surface area contributed by atoms with E-state index in [1.54, 1.807) is 6.92 Å². The third kappa shape index (κ3) is 11.0. The topological polar surface area (TPSA) is 46.5 Å². The van der Waals surface area contributed by atoms with Crippen LogP contribution in [0.15, 0.2) is 0 Å². The molecule has 0 aliphatic rings. The summed E-state index contributed by atoms with van der Waals surface area (Å²) in [5, 5.41) is 0. The van der Waals surface area contributed by atoms with Crippen LogP contribution in [0.5, 0.6) is 0 Å². The molecule has 0 aromatic carbocycles. The maximum atomic E-state index is 9.49. The monoisotopic (exact) mass is 133 g/mol. The van der Waals surface area contributed by atoms with E-state index in [-0.39, 0.29) is 36.2 Å². The molecule has 1 unspecified atom stereocenters. The Balaban J connectivity index is 0. The summed E-state index contributed by atoms with van der Waals surface area (Å²) < 4.78 is 21.4. The van der Waals surface area contributed by atoms with Gasteiger partial charge in [0.25, 0.3) is 0 Å². The normalized spacial score (nSPS) is 12.3. The van der Waals surface area contributed by atoms with Crippen LogP contribution in [0, 0.1) is 0 Å². The first-order chi connectivity index (χ1) is 2.77. The third-order valence-corrected chi connectivity index (χ3v) is 0.656. The molecule has 0 aliphatic carbocycles. The van der Waals surface area contributed by atoms with E-state index in [4.69, 9.17) is 4.55 Å². The van der Waals surface area contributed by atoms with E-state index >= 15 is 0 Å². The minimum atomic E-state index is -2.07. The smallest absolute Gasteiger partial charge is 0.284 e. The Morgan fingerprint density at radius 2 is 2.29 bits per heavy atom. The molecule has 1 atom stereocenters. The second-order valence-corrected chi connectivity index (χ2v) is 1.29. The first kappa shape index (κ1) is 10.9. The molecule has 5 heteroatoms. The molecule has 1 N–H and O–H groups in total. The summed E-state index contributed by atoms with van der Waals surface area (Å²) in [4.78, 5) is 0. The van der Waals surface area contributed by atoms with Crippen LogP contribution in [-0.2, 0) is 15.5 Å². The Morgan fingerprint density at radius 1 is 1.86 bits per heavy atom. The molecule has 7 heavy (non-hydrogen) atoms.